The van der Waals surface area contributed by atoms with Gasteiger partial charge in [0.2, 0.25) is 5.88 Å². The van der Waals surface area contributed by atoms with Crippen LogP contribution in [0.25, 0.3) is 16.6 Å². The Balaban J connectivity index is 1.77. The fourth-order valence-electron chi connectivity index (χ4n) is 3.01. The van der Waals surface area contributed by atoms with Crippen LogP contribution in [0.15, 0.2) is 59.9 Å². The molecule has 3 aromatic heterocycles. The van der Waals surface area contributed by atoms with Gasteiger partial charge in [0.1, 0.15) is 22.2 Å². The number of methoxy groups -OCH3 is 1. The van der Waals surface area contributed by atoms with E-state index in [2.05, 4.69) is 20.7 Å². The molecule has 31 heavy (non-hydrogen) atoms. The van der Waals surface area contributed by atoms with E-state index in [9.17, 15) is 17.2 Å². The first-order valence-corrected chi connectivity index (χ1v) is 10.3. The summed E-state index contributed by atoms with van der Waals surface area (Å²) >= 11 is 0. The number of anilines is 1. The maximum absolute atomic E-state index is 14.0. The van der Waals surface area contributed by atoms with Gasteiger partial charge in [0.25, 0.3) is 10.0 Å². The number of aromatic nitrogens is 3. The summed E-state index contributed by atoms with van der Waals surface area (Å²) in [5.41, 5.74) is 2.49. The van der Waals surface area contributed by atoms with Gasteiger partial charge in [-0.05, 0) is 35.9 Å². The predicted molar refractivity (Wildman–Crippen MR) is 110 cm³/mol. The molecule has 0 aliphatic rings. The summed E-state index contributed by atoms with van der Waals surface area (Å²) in [6, 6.07) is 7.21. The lowest BCUT2D eigenvalue weighted by atomic mass is 10.1. The fourth-order valence-corrected chi connectivity index (χ4v) is 4.12. The van der Waals surface area contributed by atoms with Crippen molar-refractivity contribution >= 4 is 21.2 Å². The molecule has 0 spiro atoms. The van der Waals surface area contributed by atoms with Crippen LogP contribution < -0.4 is 9.46 Å². The van der Waals surface area contributed by atoms with Gasteiger partial charge in [-0.2, -0.15) is 5.10 Å². The molecule has 156 valence electrons. The first-order chi connectivity index (χ1) is 14.8. The Morgan fingerprint density at radius 1 is 1.13 bits per heavy atom. The molecule has 0 radical (unpaired) electrons. The van der Waals surface area contributed by atoms with Gasteiger partial charge in [-0.25, -0.2) is 26.7 Å². The minimum absolute atomic E-state index is 0.0192. The summed E-state index contributed by atoms with van der Waals surface area (Å²) < 4.78 is 61.5. The third-order valence-corrected chi connectivity index (χ3v) is 5.88. The number of rotatable bonds is 5. The summed E-state index contributed by atoms with van der Waals surface area (Å²) in [6.45, 7) is 0. The Morgan fingerprint density at radius 2 is 1.94 bits per heavy atom. The molecule has 0 amide bonds. The van der Waals surface area contributed by atoms with Crippen molar-refractivity contribution in [2.75, 3.05) is 11.8 Å². The number of terminal acetylenes is 1. The summed E-state index contributed by atoms with van der Waals surface area (Å²) in [6.07, 6.45) is 10.2. The molecule has 4 rings (SSSR count). The van der Waals surface area contributed by atoms with Crippen molar-refractivity contribution in [1.29, 1.82) is 0 Å². The minimum Gasteiger partial charge on any atom is -0.480 e. The van der Waals surface area contributed by atoms with Crippen LogP contribution in [0.2, 0.25) is 0 Å². The number of fused-ring (bicyclic) bond motifs is 1. The number of ether oxygens (including phenoxy) is 1. The first-order valence-electron chi connectivity index (χ1n) is 8.78. The van der Waals surface area contributed by atoms with E-state index in [4.69, 9.17) is 11.2 Å². The second kappa shape index (κ2) is 7.70. The summed E-state index contributed by atoms with van der Waals surface area (Å²) in [7, 11) is -3.07. The van der Waals surface area contributed by atoms with Gasteiger partial charge in [0.05, 0.1) is 24.4 Å². The highest BCUT2D eigenvalue weighted by Gasteiger charge is 2.22. The smallest absolute Gasteiger partial charge is 0.264 e. The van der Waals surface area contributed by atoms with E-state index >= 15 is 0 Å². The molecule has 0 fully saturated rings. The Bertz CT molecular complexity index is 1460. The normalized spacial score (nSPS) is 11.3. The average molecular weight is 440 g/mol. The molecule has 0 unspecified atom stereocenters. The number of halogens is 2. The number of hydrogen-bond donors (Lipinski definition) is 1. The molecule has 0 saturated heterocycles. The van der Waals surface area contributed by atoms with Gasteiger partial charge >= 0.3 is 0 Å². The van der Waals surface area contributed by atoms with Crippen molar-refractivity contribution in [2.45, 2.75) is 4.90 Å². The van der Waals surface area contributed by atoms with Gasteiger partial charge in [0, 0.05) is 24.0 Å². The van der Waals surface area contributed by atoms with Gasteiger partial charge < -0.3 is 4.74 Å². The number of benzene rings is 1. The van der Waals surface area contributed by atoms with Crippen LogP contribution in [-0.2, 0) is 10.0 Å². The van der Waals surface area contributed by atoms with E-state index < -0.39 is 26.6 Å². The maximum Gasteiger partial charge on any atom is 0.264 e. The van der Waals surface area contributed by atoms with Crippen molar-refractivity contribution < 1.29 is 21.9 Å². The van der Waals surface area contributed by atoms with Crippen molar-refractivity contribution in [1.82, 2.24) is 14.6 Å². The van der Waals surface area contributed by atoms with Crippen LogP contribution in [0, 0.1) is 24.0 Å². The zero-order valence-electron chi connectivity index (χ0n) is 16.0. The number of nitrogens with one attached hydrogen (secondary N) is 1. The lowest BCUT2D eigenvalue weighted by Crippen LogP contribution is -2.15. The van der Waals surface area contributed by atoms with Crippen LogP contribution in [0.3, 0.4) is 0 Å². The highest BCUT2D eigenvalue weighted by Crippen LogP contribution is 2.31. The van der Waals surface area contributed by atoms with E-state index in [1.54, 1.807) is 29.0 Å². The lowest BCUT2D eigenvalue weighted by molar-refractivity contribution is 0.400. The molecule has 3 heterocycles. The largest absolute Gasteiger partial charge is 0.480 e. The van der Waals surface area contributed by atoms with E-state index in [0.717, 1.165) is 12.1 Å². The quantitative estimate of drug-likeness (QED) is 0.481. The summed E-state index contributed by atoms with van der Waals surface area (Å²) in [5, 5.41) is 4.15. The monoisotopic (exact) mass is 440 g/mol. The zero-order chi connectivity index (χ0) is 22.2. The van der Waals surface area contributed by atoms with Crippen LogP contribution in [0.4, 0.5) is 14.5 Å². The number of hydrogen-bond acceptors (Lipinski definition) is 5. The second-order valence-corrected chi connectivity index (χ2v) is 8.06. The Labute approximate surface area is 176 Å². The molecule has 0 aliphatic heterocycles. The van der Waals surface area contributed by atoms with E-state index in [-0.39, 0.29) is 11.6 Å². The second-order valence-electron chi connectivity index (χ2n) is 6.41. The van der Waals surface area contributed by atoms with Crippen molar-refractivity contribution in [3.8, 4) is 29.4 Å². The maximum atomic E-state index is 14.0. The Hall–Kier alpha value is -3.97. The lowest BCUT2D eigenvalue weighted by Gasteiger charge is -2.13. The zero-order valence-corrected chi connectivity index (χ0v) is 16.8. The van der Waals surface area contributed by atoms with Gasteiger partial charge in [-0.1, -0.05) is 5.92 Å². The highest BCUT2D eigenvalue weighted by atomic mass is 32.2. The van der Waals surface area contributed by atoms with Gasteiger partial charge in [-0.15, -0.1) is 6.42 Å². The summed E-state index contributed by atoms with van der Waals surface area (Å²) in [5.74, 6) is 0.412. The molecule has 0 bridgehead atoms. The Kier molecular flexibility index (Phi) is 5.04. The molecule has 1 N–H and O–H groups in total. The van der Waals surface area contributed by atoms with Crippen LogP contribution in [-0.4, -0.2) is 30.1 Å². The molecule has 1 aromatic carbocycles. The predicted octanol–water partition coefficient (Wildman–Crippen LogP) is 3.47. The summed E-state index contributed by atoms with van der Waals surface area (Å²) in [4.78, 5) is 3.42. The van der Waals surface area contributed by atoms with Gasteiger partial charge in [0.15, 0.2) is 0 Å². The van der Waals surface area contributed by atoms with Crippen LogP contribution in [0.1, 0.15) is 5.56 Å². The van der Waals surface area contributed by atoms with E-state index in [1.807, 2.05) is 0 Å². The van der Waals surface area contributed by atoms with Crippen molar-refractivity contribution in [2.24, 2.45) is 0 Å². The van der Waals surface area contributed by atoms with Crippen molar-refractivity contribution in [3.63, 3.8) is 0 Å². The fraction of sp³-hybridized carbons (Fsp3) is 0.0476. The Morgan fingerprint density at radius 3 is 2.65 bits per heavy atom. The minimum atomic E-state index is -4.38. The molecule has 4 aromatic rings. The molecule has 10 heteroatoms. The third-order valence-electron chi connectivity index (χ3n) is 4.48. The average Bonchev–Trinajstić information content (AvgIpc) is 3.15. The van der Waals surface area contributed by atoms with E-state index in [0.29, 0.717) is 28.3 Å². The number of nitrogens with zero attached hydrogens (tertiary/aromatic N) is 3. The SMILES string of the molecule is C#Cc1cnn2ccc(-c3cnc(OC)c(NS(=O)(=O)c4ccc(F)cc4F)c3)cc12. The highest BCUT2D eigenvalue weighted by molar-refractivity contribution is 7.92. The number of pyridine rings is 2. The molecule has 0 saturated carbocycles. The van der Waals surface area contributed by atoms with Gasteiger partial charge in [-0.3, -0.25) is 4.72 Å². The van der Waals surface area contributed by atoms with Crippen LogP contribution >= 0.6 is 0 Å². The third kappa shape index (κ3) is 3.78. The van der Waals surface area contributed by atoms with Crippen LogP contribution in [0.5, 0.6) is 5.88 Å². The van der Waals surface area contributed by atoms with E-state index in [1.165, 1.54) is 19.4 Å². The topological polar surface area (TPSA) is 85.6 Å². The first kappa shape index (κ1) is 20.3. The van der Waals surface area contributed by atoms with Crippen molar-refractivity contribution in [3.05, 3.63) is 72.2 Å². The number of sulfonamides is 1. The standard InChI is InChI=1S/C21H14F2N4O3S/c1-3-13-12-25-27-7-6-14(9-19(13)27)15-8-18(21(30-2)24-11-15)26-31(28,29)20-5-4-16(22)10-17(20)23/h1,4-12,26H,2H3. The molecule has 0 atom stereocenters. The molecule has 0 aliphatic carbocycles. The molecular formula is C21H14F2N4O3S. The molecule has 7 nitrogen and oxygen atoms in total. The molecular weight excluding hydrogens is 426 g/mol.